The summed E-state index contributed by atoms with van der Waals surface area (Å²) in [6, 6.07) is 26.6. The Bertz CT molecular complexity index is 1360. The molecule has 2 bridgehead atoms. The van der Waals surface area contributed by atoms with Crippen LogP contribution in [-0.4, -0.2) is 17.6 Å². The fraction of sp³-hybridized carbons (Fsp3) is 0.258. The maximum absolute atomic E-state index is 14.7. The third kappa shape index (κ3) is 2.63. The number of carbonyl (C=O) groups excluding carboxylic acids is 3. The molecule has 3 aromatic rings. The molecule has 1 heterocycles. The predicted molar refractivity (Wildman–Crippen MR) is 141 cm³/mol. The van der Waals surface area contributed by atoms with Crippen molar-refractivity contribution in [3.05, 3.63) is 101 Å². The Morgan fingerprint density at radius 2 is 1.17 bits per heavy atom. The van der Waals surface area contributed by atoms with Crippen molar-refractivity contribution in [1.29, 1.82) is 0 Å². The number of hydrogen-bond acceptors (Lipinski definition) is 3. The van der Waals surface area contributed by atoms with Crippen molar-refractivity contribution in [2.45, 2.75) is 26.7 Å². The molecule has 1 aliphatic heterocycles. The third-order valence-electron chi connectivity index (χ3n) is 8.63. The van der Waals surface area contributed by atoms with Crippen molar-refractivity contribution in [1.82, 2.24) is 0 Å². The summed E-state index contributed by atoms with van der Waals surface area (Å²) in [5.41, 5.74) is 1.97. The summed E-state index contributed by atoms with van der Waals surface area (Å²) in [5, 5.41) is 0.452. The van der Waals surface area contributed by atoms with Crippen molar-refractivity contribution >= 4 is 46.0 Å². The molecule has 2 amide bonds. The summed E-state index contributed by atoms with van der Waals surface area (Å²) in [6.07, 6.45) is 0.884. The largest absolute Gasteiger partial charge is 0.298 e. The number of carbonyl (C=O) groups is 3. The molecule has 1 saturated heterocycles. The number of imide groups is 1. The smallest absolute Gasteiger partial charge is 0.239 e. The molecule has 2 aliphatic carbocycles. The minimum atomic E-state index is -1.08. The highest BCUT2D eigenvalue weighted by atomic mass is 35.5. The van der Waals surface area contributed by atoms with Crippen LogP contribution in [0.4, 0.5) is 5.69 Å². The molecule has 5 heteroatoms. The minimum Gasteiger partial charge on any atom is -0.298 e. The van der Waals surface area contributed by atoms with Crippen LogP contribution in [-0.2, 0) is 14.4 Å². The molecule has 4 unspecified atom stereocenters. The van der Waals surface area contributed by atoms with E-state index in [1.807, 2.05) is 74.5 Å². The van der Waals surface area contributed by atoms with Crippen LogP contribution in [0.3, 0.4) is 0 Å². The molecule has 0 spiro atoms. The highest BCUT2D eigenvalue weighted by Crippen LogP contribution is 2.75. The molecule has 0 radical (unpaired) electrons. The molecule has 3 aromatic carbocycles. The Balaban J connectivity index is 1.68. The van der Waals surface area contributed by atoms with Crippen LogP contribution in [0, 0.1) is 22.7 Å². The van der Waals surface area contributed by atoms with Crippen LogP contribution >= 0.6 is 11.6 Å². The van der Waals surface area contributed by atoms with Crippen LogP contribution in [0.25, 0.3) is 11.1 Å². The summed E-state index contributed by atoms with van der Waals surface area (Å²) < 4.78 is 0. The van der Waals surface area contributed by atoms with E-state index in [4.69, 9.17) is 11.6 Å². The van der Waals surface area contributed by atoms with Gasteiger partial charge in [0.25, 0.3) is 0 Å². The SMILES string of the molecule is CCC12C(=O)C(CC)(C(c3ccccc3)=C1c1ccccc1)C1C(=O)N(c3cccc(Cl)c3)C(=O)C12. The van der Waals surface area contributed by atoms with E-state index in [2.05, 4.69) is 0 Å². The average molecular weight is 496 g/mol. The number of ketones is 1. The maximum Gasteiger partial charge on any atom is 0.239 e. The lowest BCUT2D eigenvalue weighted by molar-refractivity contribution is -0.134. The Labute approximate surface area is 215 Å². The molecule has 2 fully saturated rings. The summed E-state index contributed by atoms with van der Waals surface area (Å²) in [6.45, 7) is 3.94. The number of hydrogen-bond donors (Lipinski definition) is 0. The summed E-state index contributed by atoms with van der Waals surface area (Å²) in [7, 11) is 0. The van der Waals surface area contributed by atoms with Gasteiger partial charge in [-0.15, -0.1) is 0 Å². The topological polar surface area (TPSA) is 54.5 Å². The number of amides is 2. The van der Waals surface area contributed by atoms with Gasteiger partial charge in [0, 0.05) is 5.02 Å². The Kier molecular flexibility index (Phi) is 5.10. The van der Waals surface area contributed by atoms with Crippen molar-refractivity contribution < 1.29 is 14.4 Å². The Hall–Kier alpha value is -3.50. The van der Waals surface area contributed by atoms with Gasteiger partial charge < -0.3 is 0 Å². The first-order valence-corrected chi connectivity index (χ1v) is 12.9. The van der Waals surface area contributed by atoms with E-state index in [0.717, 1.165) is 22.3 Å². The number of nitrogens with zero attached hydrogens (tertiary/aromatic N) is 1. The fourth-order valence-corrected chi connectivity index (χ4v) is 7.51. The van der Waals surface area contributed by atoms with Crippen LogP contribution in [0.1, 0.15) is 37.8 Å². The molecule has 0 N–H and O–H groups in total. The third-order valence-corrected chi connectivity index (χ3v) is 8.86. The molecule has 4 atom stereocenters. The number of Topliss-reactive ketones (excluding diaryl/α,β-unsaturated/α-hetero) is 1. The molecule has 6 rings (SSSR count). The fourth-order valence-electron chi connectivity index (χ4n) is 7.32. The molecule has 0 aromatic heterocycles. The van der Waals surface area contributed by atoms with Gasteiger partial charge >= 0.3 is 0 Å². The van der Waals surface area contributed by atoms with Crippen molar-refractivity contribution in [2.24, 2.45) is 22.7 Å². The van der Waals surface area contributed by atoms with Crippen LogP contribution in [0.15, 0.2) is 84.9 Å². The van der Waals surface area contributed by atoms with E-state index in [1.165, 1.54) is 4.90 Å². The molecule has 36 heavy (non-hydrogen) atoms. The summed E-state index contributed by atoms with van der Waals surface area (Å²) in [4.78, 5) is 44.3. The number of benzene rings is 3. The van der Waals surface area contributed by atoms with Gasteiger partial charge in [0.15, 0.2) is 5.78 Å². The van der Waals surface area contributed by atoms with Gasteiger partial charge in [0.2, 0.25) is 11.8 Å². The van der Waals surface area contributed by atoms with Crippen LogP contribution < -0.4 is 4.90 Å². The summed E-state index contributed by atoms with van der Waals surface area (Å²) >= 11 is 6.24. The normalized spacial score (nSPS) is 28.9. The van der Waals surface area contributed by atoms with Gasteiger partial charge in [-0.05, 0) is 53.3 Å². The molecule has 1 saturated carbocycles. The van der Waals surface area contributed by atoms with Crippen LogP contribution in [0.2, 0.25) is 5.02 Å². The van der Waals surface area contributed by atoms with E-state index >= 15 is 0 Å². The zero-order valence-electron chi connectivity index (χ0n) is 20.2. The number of fused-ring (bicyclic) bond motifs is 5. The lowest BCUT2D eigenvalue weighted by atomic mass is 9.60. The first kappa shape index (κ1) is 22.9. The Morgan fingerprint density at radius 3 is 1.58 bits per heavy atom. The molecular formula is C31H26ClNO3. The summed E-state index contributed by atoms with van der Waals surface area (Å²) in [5.74, 6) is -2.09. The molecular weight excluding hydrogens is 470 g/mol. The van der Waals surface area contributed by atoms with Crippen LogP contribution in [0.5, 0.6) is 0 Å². The Morgan fingerprint density at radius 1 is 0.694 bits per heavy atom. The van der Waals surface area contributed by atoms with Gasteiger partial charge in [0.1, 0.15) is 0 Å². The number of halogens is 1. The maximum atomic E-state index is 14.7. The number of rotatable bonds is 5. The number of allylic oxidation sites excluding steroid dienone is 2. The second kappa shape index (κ2) is 8.01. The molecule has 4 nitrogen and oxygen atoms in total. The standard InChI is InChI=1S/C31H26ClNO3/c1-3-30-23(19-12-7-5-8-13-19)24(20-14-9-6-10-15-20)31(4-2,29(30)36)26-25(30)27(34)33(28(26)35)22-17-11-16-21(32)18-22/h5-18,25-26H,3-4H2,1-2H3. The molecule has 3 aliphatic rings. The van der Waals surface area contributed by atoms with Gasteiger partial charge in [-0.1, -0.05) is 92.2 Å². The van der Waals surface area contributed by atoms with E-state index < -0.39 is 22.7 Å². The second-order valence-corrected chi connectivity index (χ2v) is 10.3. The van der Waals surface area contributed by atoms with E-state index in [9.17, 15) is 14.4 Å². The zero-order valence-corrected chi connectivity index (χ0v) is 21.0. The number of anilines is 1. The average Bonchev–Trinajstić information content (AvgIpc) is 3.40. The lowest BCUT2D eigenvalue weighted by Gasteiger charge is -2.38. The van der Waals surface area contributed by atoms with Gasteiger partial charge in [-0.3, -0.25) is 14.4 Å². The first-order valence-electron chi connectivity index (χ1n) is 12.5. The van der Waals surface area contributed by atoms with Crippen molar-refractivity contribution in [2.75, 3.05) is 4.90 Å². The van der Waals surface area contributed by atoms with Crippen molar-refractivity contribution in [3.63, 3.8) is 0 Å². The quantitative estimate of drug-likeness (QED) is 0.382. The minimum absolute atomic E-state index is 0.0140. The van der Waals surface area contributed by atoms with Gasteiger partial charge in [-0.2, -0.15) is 0 Å². The van der Waals surface area contributed by atoms with Gasteiger partial charge in [0.05, 0.1) is 28.4 Å². The van der Waals surface area contributed by atoms with E-state index in [0.29, 0.717) is 23.6 Å². The highest BCUT2D eigenvalue weighted by molar-refractivity contribution is 6.35. The van der Waals surface area contributed by atoms with Crippen molar-refractivity contribution in [3.8, 4) is 0 Å². The second-order valence-electron chi connectivity index (χ2n) is 9.91. The zero-order chi connectivity index (χ0) is 25.2. The van der Waals surface area contributed by atoms with E-state index in [-0.39, 0.29) is 17.6 Å². The first-order chi connectivity index (χ1) is 17.4. The van der Waals surface area contributed by atoms with Gasteiger partial charge in [-0.25, -0.2) is 4.90 Å². The predicted octanol–water partition coefficient (Wildman–Crippen LogP) is 6.45. The van der Waals surface area contributed by atoms with E-state index in [1.54, 1.807) is 24.3 Å². The molecule has 180 valence electrons. The highest BCUT2D eigenvalue weighted by Gasteiger charge is 2.80. The monoisotopic (exact) mass is 495 g/mol. The lowest BCUT2D eigenvalue weighted by Crippen LogP contribution is -2.41.